The van der Waals surface area contributed by atoms with Gasteiger partial charge in [0, 0.05) is 37.4 Å². The second-order valence-corrected chi connectivity index (χ2v) is 6.80. The second kappa shape index (κ2) is 9.34. The fraction of sp³-hybridized carbons (Fsp3) is 0.333. The van der Waals surface area contributed by atoms with E-state index in [0.717, 1.165) is 44.0 Å². The summed E-state index contributed by atoms with van der Waals surface area (Å²) in [5.74, 6) is 4.84. The van der Waals surface area contributed by atoms with Crippen molar-refractivity contribution in [1.29, 1.82) is 0 Å². The summed E-state index contributed by atoms with van der Waals surface area (Å²) in [6.45, 7) is 6.83. The smallest absolute Gasteiger partial charge is 0.322 e. The Morgan fingerprint density at radius 2 is 1.64 bits per heavy atom. The number of benzene rings is 2. The van der Waals surface area contributed by atoms with Gasteiger partial charge in [0.1, 0.15) is 0 Å². The number of nitrogens with two attached hydrogens (primary N) is 1. The monoisotopic (exact) mass is 381 g/mol. The van der Waals surface area contributed by atoms with Crippen LogP contribution in [-0.2, 0) is 6.54 Å². The minimum Gasteiger partial charge on any atom is -0.322 e. The number of anilines is 1. The Morgan fingerprint density at radius 1 is 1.00 bits per heavy atom. The molecule has 1 aliphatic heterocycles. The Labute approximate surface area is 165 Å². The first-order chi connectivity index (χ1) is 13.6. The molecule has 148 valence electrons. The molecule has 0 unspecified atom stereocenters. The molecule has 3 rings (SSSR count). The number of hydrazine groups is 1. The summed E-state index contributed by atoms with van der Waals surface area (Å²) in [5.41, 5.74) is 4.41. The number of nitrogens with zero attached hydrogens (tertiary/aromatic N) is 3. The van der Waals surface area contributed by atoms with E-state index in [4.69, 9.17) is 5.84 Å². The number of carbonyl (C=O) groups is 2. The molecule has 1 heterocycles. The van der Waals surface area contributed by atoms with Crippen LogP contribution in [0.3, 0.4) is 0 Å². The van der Waals surface area contributed by atoms with E-state index in [2.05, 4.69) is 17.2 Å². The molecule has 0 aromatic heterocycles. The van der Waals surface area contributed by atoms with E-state index in [1.165, 1.54) is 0 Å². The third-order valence-electron chi connectivity index (χ3n) is 5.08. The highest BCUT2D eigenvalue weighted by molar-refractivity contribution is 5.94. The van der Waals surface area contributed by atoms with Crippen molar-refractivity contribution in [2.24, 2.45) is 5.84 Å². The Morgan fingerprint density at radius 3 is 2.21 bits per heavy atom. The van der Waals surface area contributed by atoms with Crippen LogP contribution in [-0.4, -0.2) is 54.5 Å². The highest BCUT2D eigenvalue weighted by Gasteiger charge is 2.26. The van der Waals surface area contributed by atoms with Gasteiger partial charge in [0.25, 0.3) is 5.91 Å². The van der Waals surface area contributed by atoms with Gasteiger partial charge in [0.2, 0.25) is 0 Å². The molecule has 28 heavy (non-hydrogen) atoms. The Hall–Kier alpha value is -2.90. The third-order valence-corrected chi connectivity index (χ3v) is 5.08. The Bertz CT molecular complexity index is 786. The van der Waals surface area contributed by atoms with E-state index in [1.807, 2.05) is 47.4 Å². The average molecular weight is 381 g/mol. The van der Waals surface area contributed by atoms with Crippen LogP contribution in [0.15, 0.2) is 54.6 Å². The number of amides is 3. The predicted molar refractivity (Wildman–Crippen MR) is 110 cm³/mol. The fourth-order valence-corrected chi connectivity index (χ4v) is 3.33. The van der Waals surface area contributed by atoms with E-state index in [9.17, 15) is 9.59 Å². The number of urea groups is 1. The number of piperazine rings is 1. The lowest BCUT2D eigenvalue weighted by Gasteiger charge is -2.37. The van der Waals surface area contributed by atoms with Gasteiger partial charge in [-0.05, 0) is 36.4 Å². The molecule has 2 aromatic rings. The lowest BCUT2D eigenvalue weighted by Crippen LogP contribution is -2.52. The topological polar surface area (TPSA) is 81.9 Å². The minimum absolute atomic E-state index is 0.00531. The molecule has 0 spiro atoms. The molecule has 1 aliphatic rings. The molecule has 1 saturated heterocycles. The summed E-state index contributed by atoms with van der Waals surface area (Å²) < 4.78 is 0. The number of carbonyl (C=O) groups excluding carboxylic acids is 2. The van der Waals surface area contributed by atoms with E-state index in [1.54, 1.807) is 17.0 Å². The summed E-state index contributed by atoms with van der Waals surface area (Å²) in [6, 6.07) is 16.8. The van der Waals surface area contributed by atoms with Crippen molar-refractivity contribution in [3.05, 3.63) is 65.7 Å². The number of para-hydroxylation sites is 1. The number of nitrogen functional groups attached to an aromatic ring is 1. The predicted octanol–water partition coefficient (Wildman–Crippen LogP) is 2.05. The standard InChI is InChI=1S/C21H27N5O2/c1-2-24-12-14-25(15-13-24)21(28)26(19-6-4-3-5-7-19)16-17-8-10-18(11-9-17)20(27)23-22/h3-11H,2,12-16,22H2,1H3,(H,23,27). The normalized spacial score (nSPS) is 14.6. The summed E-state index contributed by atoms with van der Waals surface area (Å²) in [5, 5.41) is 0. The van der Waals surface area contributed by atoms with Crippen molar-refractivity contribution in [3.63, 3.8) is 0 Å². The molecule has 0 aliphatic carbocycles. The van der Waals surface area contributed by atoms with E-state index >= 15 is 0 Å². The number of nitrogens with one attached hydrogen (secondary N) is 1. The molecule has 7 heteroatoms. The fourth-order valence-electron chi connectivity index (χ4n) is 3.33. The molecule has 2 aromatic carbocycles. The maximum Gasteiger partial charge on any atom is 0.324 e. The van der Waals surface area contributed by atoms with Crippen molar-refractivity contribution in [3.8, 4) is 0 Å². The summed E-state index contributed by atoms with van der Waals surface area (Å²) in [7, 11) is 0. The van der Waals surface area contributed by atoms with Gasteiger partial charge in [-0.3, -0.25) is 15.1 Å². The summed E-state index contributed by atoms with van der Waals surface area (Å²) in [6.07, 6.45) is 0. The molecule has 3 N–H and O–H groups in total. The van der Waals surface area contributed by atoms with Gasteiger partial charge in [0.05, 0.1) is 6.54 Å². The maximum absolute atomic E-state index is 13.3. The zero-order valence-corrected chi connectivity index (χ0v) is 16.2. The van der Waals surface area contributed by atoms with Crippen LogP contribution in [0.1, 0.15) is 22.8 Å². The van der Waals surface area contributed by atoms with Crippen LogP contribution in [0, 0.1) is 0 Å². The van der Waals surface area contributed by atoms with Crippen molar-refractivity contribution in [1.82, 2.24) is 15.2 Å². The molecular weight excluding hydrogens is 354 g/mol. The number of rotatable bonds is 5. The molecular formula is C21H27N5O2. The molecule has 0 saturated carbocycles. The average Bonchev–Trinajstić information content (AvgIpc) is 2.77. The molecule has 0 atom stereocenters. The van der Waals surface area contributed by atoms with Crippen LogP contribution in [0.25, 0.3) is 0 Å². The lowest BCUT2D eigenvalue weighted by atomic mass is 10.1. The first kappa shape index (κ1) is 19.9. The second-order valence-electron chi connectivity index (χ2n) is 6.80. The molecule has 0 radical (unpaired) electrons. The summed E-state index contributed by atoms with van der Waals surface area (Å²) >= 11 is 0. The van der Waals surface area contributed by atoms with Gasteiger partial charge < -0.3 is 9.80 Å². The molecule has 0 bridgehead atoms. The van der Waals surface area contributed by atoms with E-state index in [0.29, 0.717) is 12.1 Å². The molecule has 7 nitrogen and oxygen atoms in total. The quantitative estimate of drug-likeness (QED) is 0.472. The van der Waals surface area contributed by atoms with Crippen LogP contribution < -0.4 is 16.2 Å². The van der Waals surface area contributed by atoms with Crippen LogP contribution in [0.2, 0.25) is 0 Å². The number of hydrogen-bond donors (Lipinski definition) is 2. The van der Waals surface area contributed by atoms with E-state index < -0.39 is 0 Å². The van der Waals surface area contributed by atoms with Gasteiger partial charge in [0.15, 0.2) is 0 Å². The Kier molecular flexibility index (Phi) is 6.62. The number of hydrogen-bond acceptors (Lipinski definition) is 4. The first-order valence-corrected chi connectivity index (χ1v) is 9.56. The van der Waals surface area contributed by atoms with Gasteiger partial charge in [-0.25, -0.2) is 10.6 Å². The Balaban J connectivity index is 1.78. The van der Waals surface area contributed by atoms with Gasteiger partial charge in [-0.15, -0.1) is 0 Å². The highest BCUT2D eigenvalue weighted by Crippen LogP contribution is 2.20. The van der Waals surface area contributed by atoms with Gasteiger partial charge >= 0.3 is 6.03 Å². The van der Waals surface area contributed by atoms with Crippen LogP contribution in [0.5, 0.6) is 0 Å². The van der Waals surface area contributed by atoms with Crippen LogP contribution in [0.4, 0.5) is 10.5 Å². The largest absolute Gasteiger partial charge is 0.324 e. The zero-order chi connectivity index (χ0) is 19.9. The molecule has 1 fully saturated rings. The van der Waals surface area contributed by atoms with Crippen molar-refractivity contribution >= 4 is 17.6 Å². The SMILES string of the molecule is CCN1CCN(C(=O)N(Cc2ccc(C(=O)NN)cc2)c2ccccc2)CC1. The van der Waals surface area contributed by atoms with Crippen molar-refractivity contribution < 1.29 is 9.59 Å². The summed E-state index contributed by atoms with van der Waals surface area (Å²) in [4.78, 5) is 30.9. The third kappa shape index (κ3) is 4.68. The maximum atomic E-state index is 13.3. The highest BCUT2D eigenvalue weighted by atomic mass is 16.2. The minimum atomic E-state index is -0.337. The van der Waals surface area contributed by atoms with Crippen molar-refractivity contribution in [2.45, 2.75) is 13.5 Å². The van der Waals surface area contributed by atoms with Crippen molar-refractivity contribution in [2.75, 3.05) is 37.6 Å². The van der Waals surface area contributed by atoms with Gasteiger partial charge in [-0.2, -0.15) is 0 Å². The van der Waals surface area contributed by atoms with Gasteiger partial charge in [-0.1, -0.05) is 37.3 Å². The molecule has 3 amide bonds. The first-order valence-electron chi connectivity index (χ1n) is 9.56. The van der Waals surface area contributed by atoms with E-state index in [-0.39, 0.29) is 11.9 Å². The number of likely N-dealkylation sites (N-methyl/N-ethyl adjacent to an activating group) is 1. The van der Waals surface area contributed by atoms with Crippen LogP contribution >= 0.6 is 0 Å². The zero-order valence-electron chi connectivity index (χ0n) is 16.2. The lowest BCUT2D eigenvalue weighted by molar-refractivity contribution is 0.0953.